The molecule has 0 unspecified atom stereocenters. The number of carbonyl (C=O) groups is 1. The molecule has 0 atom stereocenters. The molecule has 1 aromatic carbocycles. The number of H-pyrrole nitrogens is 1. The normalized spacial score (nSPS) is 11.0. The third-order valence-electron chi connectivity index (χ3n) is 2.89. The fourth-order valence-electron chi connectivity index (χ4n) is 1.89. The van der Waals surface area contributed by atoms with Crippen molar-refractivity contribution in [3.05, 3.63) is 45.0 Å². The smallest absolute Gasteiger partial charge is 0.234 e. The van der Waals surface area contributed by atoms with Crippen molar-refractivity contribution in [1.29, 1.82) is 0 Å². The number of nitrogens with zero attached hydrogens (tertiary/aromatic N) is 2. The van der Waals surface area contributed by atoms with Crippen molar-refractivity contribution in [3.8, 4) is 0 Å². The van der Waals surface area contributed by atoms with Gasteiger partial charge in [-0.1, -0.05) is 11.8 Å². The van der Waals surface area contributed by atoms with Gasteiger partial charge in [-0.15, -0.1) is 0 Å². The Morgan fingerprint density at radius 3 is 2.83 bits per heavy atom. The van der Waals surface area contributed by atoms with E-state index in [0.717, 1.165) is 27.8 Å². The number of imidazole rings is 1. The van der Waals surface area contributed by atoms with Crippen LogP contribution in [0.15, 0.2) is 38.5 Å². The molecule has 0 saturated heterocycles. The summed E-state index contributed by atoms with van der Waals surface area (Å²) in [4.78, 5) is 23.4. The first-order valence-corrected chi connectivity index (χ1v) is 9.08. The number of carbonyl (C=O) groups excluding carboxylic acids is 1. The zero-order valence-electron chi connectivity index (χ0n) is 11.7. The first-order valence-electron chi connectivity index (χ1n) is 6.51. The van der Waals surface area contributed by atoms with Gasteiger partial charge in [-0.2, -0.15) is 0 Å². The van der Waals surface area contributed by atoms with Gasteiger partial charge in [0, 0.05) is 21.2 Å². The second-order valence-corrected chi connectivity index (χ2v) is 7.38. The van der Waals surface area contributed by atoms with Crippen molar-refractivity contribution >= 4 is 66.4 Å². The fourth-order valence-corrected chi connectivity index (χ4v) is 3.40. The summed E-state index contributed by atoms with van der Waals surface area (Å²) in [5.74, 6) is -2.02. The van der Waals surface area contributed by atoms with Crippen LogP contribution >= 0.6 is 43.6 Å². The maximum absolute atomic E-state index is 13.7. The van der Waals surface area contributed by atoms with Crippen LogP contribution in [0, 0.1) is 11.6 Å². The van der Waals surface area contributed by atoms with Crippen LogP contribution in [0.4, 0.5) is 14.5 Å². The summed E-state index contributed by atoms with van der Waals surface area (Å²) in [6.45, 7) is 0. The molecule has 0 radical (unpaired) electrons. The second-order valence-electron chi connectivity index (χ2n) is 4.65. The van der Waals surface area contributed by atoms with Crippen molar-refractivity contribution in [1.82, 2.24) is 15.0 Å². The molecule has 3 aromatic rings. The number of halogens is 4. The molecule has 3 rings (SSSR count). The number of hydrogen-bond acceptors (Lipinski definition) is 4. The molecule has 0 saturated carbocycles. The van der Waals surface area contributed by atoms with Crippen molar-refractivity contribution in [2.24, 2.45) is 0 Å². The van der Waals surface area contributed by atoms with Crippen molar-refractivity contribution < 1.29 is 13.6 Å². The predicted molar refractivity (Wildman–Crippen MR) is 95.0 cm³/mol. The Morgan fingerprint density at radius 1 is 1.29 bits per heavy atom. The van der Waals surface area contributed by atoms with E-state index in [1.165, 1.54) is 0 Å². The lowest BCUT2D eigenvalue weighted by Gasteiger charge is -2.08. The van der Waals surface area contributed by atoms with Gasteiger partial charge in [-0.25, -0.2) is 18.7 Å². The van der Waals surface area contributed by atoms with E-state index in [1.54, 1.807) is 6.20 Å². The topological polar surface area (TPSA) is 70.7 Å². The predicted octanol–water partition coefficient (Wildman–Crippen LogP) is 4.49. The average Bonchev–Trinajstić information content (AvgIpc) is 2.90. The van der Waals surface area contributed by atoms with Crippen LogP contribution in [0.2, 0.25) is 0 Å². The zero-order chi connectivity index (χ0) is 17.3. The average molecular weight is 478 g/mol. The molecule has 5 nitrogen and oxygen atoms in total. The van der Waals surface area contributed by atoms with Gasteiger partial charge in [0.2, 0.25) is 5.91 Å². The van der Waals surface area contributed by atoms with E-state index in [-0.39, 0.29) is 15.9 Å². The van der Waals surface area contributed by atoms with E-state index >= 15 is 0 Å². The number of fused-ring (bicyclic) bond motifs is 1. The lowest BCUT2D eigenvalue weighted by atomic mass is 10.3. The zero-order valence-corrected chi connectivity index (χ0v) is 15.7. The van der Waals surface area contributed by atoms with Gasteiger partial charge in [0.05, 0.1) is 17.0 Å². The van der Waals surface area contributed by atoms with Gasteiger partial charge < -0.3 is 10.3 Å². The second kappa shape index (κ2) is 7.16. The minimum Gasteiger partial charge on any atom is -0.331 e. The lowest BCUT2D eigenvalue weighted by molar-refractivity contribution is -0.113. The number of aromatic nitrogens is 3. The standard InChI is InChI=1S/C14H8Br2F2N4OS/c15-6-1-10-13(19-4-6)22-14(20-10)24-5-11(23)21-12-8(16)2-7(17)3-9(12)18/h1-4H,5H2,(H,21,23)(H,19,20,22). The molecule has 24 heavy (non-hydrogen) atoms. The minimum absolute atomic E-state index is 0.00421. The van der Waals surface area contributed by atoms with Crippen molar-refractivity contribution in [3.63, 3.8) is 0 Å². The van der Waals surface area contributed by atoms with Gasteiger partial charge in [0.1, 0.15) is 5.82 Å². The van der Waals surface area contributed by atoms with Gasteiger partial charge in [-0.3, -0.25) is 4.79 Å². The third-order valence-corrected chi connectivity index (χ3v) is 4.83. The first kappa shape index (κ1) is 17.3. The van der Waals surface area contributed by atoms with Crippen molar-refractivity contribution in [2.75, 3.05) is 11.1 Å². The molecule has 2 heterocycles. The summed E-state index contributed by atoms with van der Waals surface area (Å²) in [6, 6.07) is 3.61. The molecule has 124 valence electrons. The number of benzene rings is 1. The number of pyridine rings is 1. The number of anilines is 1. The highest BCUT2D eigenvalue weighted by atomic mass is 79.9. The fraction of sp³-hybridized carbons (Fsp3) is 0.0714. The summed E-state index contributed by atoms with van der Waals surface area (Å²) in [5.41, 5.74) is 1.17. The maximum atomic E-state index is 13.7. The highest BCUT2D eigenvalue weighted by molar-refractivity contribution is 9.10. The Labute approximate surface area is 155 Å². The number of rotatable bonds is 4. The molecule has 0 aliphatic rings. The molecule has 0 fully saturated rings. The van der Waals surface area contributed by atoms with Crippen LogP contribution in [0.3, 0.4) is 0 Å². The van der Waals surface area contributed by atoms with Gasteiger partial charge in [0.25, 0.3) is 0 Å². The molecule has 0 spiro atoms. The molecule has 0 bridgehead atoms. The Hall–Kier alpha value is -1.52. The van der Waals surface area contributed by atoms with E-state index < -0.39 is 17.5 Å². The lowest BCUT2D eigenvalue weighted by Crippen LogP contribution is -2.15. The van der Waals surface area contributed by atoms with E-state index in [0.29, 0.717) is 16.9 Å². The third kappa shape index (κ3) is 3.93. The highest BCUT2D eigenvalue weighted by Gasteiger charge is 2.14. The molecular formula is C14H8Br2F2N4OS. The Balaban J connectivity index is 1.67. The SMILES string of the molecule is O=C(CSc1nc2ncc(Br)cc2[nH]1)Nc1c(F)cc(F)cc1Br. The van der Waals surface area contributed by atoms with Gasteiger partial charge >= 0.3 is 0 Å². The van der Waals surface area contributed by atoms with Gasteiger partial charge in [-0.05, 0) is 44.0 Å². The Morgan fingerprint density at radius 2 is 2.08 bits per heavy atom. The Bertz CT molecular complexity index is 911. The number of amides is 1. The largest absolute Gasteiger partial charge is 0.331 e. The Kier molecular flexibility index (Phi) is 5.16. The summed E-state index contributed by atoms with van der Waals surface area (Å²) < 4.78 is 27.7. The van der Waals surface area contributed by atoms with E-state index in [9.17, 15) is 13.6 Å². The molecule has 1 amide bonds. The number of hydrogen-bond donors (Lipinski definition) is 2. The minimum atomic E-state index is -0.849. The van der Waals surface area contributed by atoms with Crippen LogP contribution in [-0.2, 0) is 4.79 Å². The number of aromatic amines is 1. The quantitative estimate of drug-likeness (QED) is 0.543. The summed E-state index contributed by atoms with van der Waals surface area (Å²) in [5, 5.41) is 2.92. The summed E-state index contributed by atoms with van der Waals surface area (Å²) >= 11 is 7.48. The highest BCUT2D eigenvalue weighted by Crippen LogP contribution is 2.27. The molecular weight excluding hydrogens is 470 g/mol. The molecule has 0 aliphatic carbocycles. The molecule has 2 aromatic heterocycles. The van der Waals surface area contributed by atoms with Crippen LogP contribution < -0.4 is 5.32 Å². The molecule has 0 aliphatic heterocycles. The van der Waals surface area contributed by atoms with E-state index in [1.807, 2.05) is 6.07 Å². The monoisotopic (exact) mass is 476 g/mol. The number of thioether (sulfide) groups is 1. The van der Waals surface area contributed by atoms with E-state index in [2.05, 4.69) is 52.1 Å². The molecule has 2 N–H and O–H groups in total. The molecule has 10 heteroatoms. The summed E-state index contributed by atoms with van der Waals surface area (Å²) in [7, 11) is 0. The first-order chi connectivity index (χ1) is 11.4. The van der Waals surface area contributed by atoms with Crippen LogP contribution in [0.25, 0.3) is 11.2 Å². The maximum Gasteiger partial charge on any atom is 0.234 e. The summed E-state index contributed by atoms with van der Waals surface area (Å²) in [6.07, 6.45) is 1.62. The van der Waals surface area contributed by atoms with Crippen LogP contribution in [0.5, 0.6) is 0 Å². The van der Waals surface area contributed by atoms with Crippen molar-refractivity contribution in [2.45, 2.75) is 5.16 Å². The van der Waals surface area contributed by atoms with Gasteiger partial charge in [0.15, 0.2) is 16.6 Å². The number of nitrogens with one attached hydrogen (secondary N) is 2. The van der Waals surface area contributed by atoms with Crippen LogP contribution in [-0.4, -0.2) is 26.6 Å². The van der Waals surface area contributed by atoms with Crippen LogP contribution in [0.1, 0.15) is 0 Å². The van der Waals surface area contributed by atoms with E-state index in [4.69, 9.17) is 0 Å².